The van der Waals surface area contributed by atoms with Gasteiger partial charge in [0.05, 0.1) is 24.1 Å². The summed E-state index contributed by atoms with van der Waals surface area (Å²) in [7, 11) is 0. The zero-order chi connectivity index (χ0) is 28.3. The number of nitrogens with one attached hydrogen (secondary N) is 4. The highest BCUT2D eigenvalue weighted by molar-refractivity contribution is 6.30. The maximum Gasteiger partial charge on any atom is 0.418 e. The second-order valence-corrected chi connectivity index (χ2v) is 9.61. The lowest BCUT2D eigenvalue weighted by Crippen LogP contribution is -2.59. The number of pyridine rings is 1. The molecule has 13 heteroatoms. The number of H-pyrrole nitrogens is 1. The van der Waals surface area contributed by atoms with Crippen LogP contribution in [0.4, 0.5) is 29.3 Å². The summed E-state index contributed by atoms with van der Waals surface area (Å²) in [6.07, 6.45) is -2.05. The van der Waals surface area contributed by atoms with E-state index >= 15 is 0 Å². The normalized spacial score (nSPS) is 17.0. The summed E-state index contributed by atoms with van der Waals surface area (Å²) in [5.41, 5.74) is -0.593. The lowest BCUT2D eigenvalue weighted by atomic mass is 9.97. The van der Waals surface area contributed by atoms with E-state index < -0.39 is 29.3 Å². The summed E-state index contributed by atoms with van der Waals surface area (Å²) in [4.78, 5) is 32.9. The number of halogens is 4. The first-order valence-electron chi connectivity index (χ1n) is 12.1. The van der Waals surface area contributed by atoms with Crippen LogP contribution in [0, 0.1) is 0 Å². The molecule has 1 aliphatic rings. The van der Waals surface area contributed by atoms with E-state index in [4.69, 9.17) is 21.1 Å². The first-order valence-corrected chi connectivity index (χ1v) is 12.5. The van der Waals surface area contributed by atoms with Gasteiger partial charge in [-0.15, -0.1) is 0 Å². The first-order chi connectivity index (χ1) is 19.1. The van der Waals surface area contributed by atoms with Gasteiger partial charge in [-0.1, -0.05) is 23.7 Å². The van der Waals surface area contributed by atoms with Crippen LogP contribution >= 0.6 is 11.6 Å². The summed E-state index contributed by atoms with van der Waals surface area (Å²) in [5, 5.41) is 8.91. The molecule has 2 aromatic carbocycles. The number of aromatic nitrogens is 2. The molecule has 0 spiro atoms. The monoisotopic (exact) mass is 573 g/mol. The fraction of sp³-hybridized carbons (Fsp3) is 0.222. The topological polar surface area (TPSA) is 117 Å². The van der Waals surface area contributed by atoms with Gasteiger partial charge in [-0.2, -0.15) is 13.2 Å². The Bertz CT molecular complexity index is 1540. The predicted octanol–water partition coefficient (Wildman–Crippen LogP) is 5.54. The van der Waals surface area contributed by atoms with Crippen LogP contribution in [0.25, 0.3) is 11.0 Å². The Morgan fingerprint density at radius 2 is 1.93 bits per heavy atom. The minimum atomic E-state index is -4.58. The highest BCUT2D eigenvalue weighted by Crippen LogP contribution is 2.37. The van der Waals surface area contributed by atoms with Crippen LogP contribution in [0.2, 0.25) is 5.02 Å². The van der Waals surface area contributed by atoms with Crippen molar-refractivity contribution in [1.29, 1.82) is 0 Å². The second-order valence-electron chi connectivity index (χ2n) is 9.18. The maximum atomic E-state index is 13.4. The van der Waals surface area contributed by atoms with Crippen molar-refractivity contribution in [3.8, 4) is 5.75 Å². The van der Waals surface area contributed by atoms with E-state index in [1.807, 2.05) is 0 Å². The van der Waals surface area contributed by atoms with Gasteiger partial charge in [0.15, 0.2) is 5.75 Å². The van der Waals surface area contributed by atoms with Gasteiger partial charge in [-0.25, -0.2) is 9.78 Å². The fourth-order valence-corrected chi connectivity index (χ4v) is 4.45. The minimum absolute atomic E-state index is 0.0210. The number of hydrogen-bond acceptors (Lipinski definition) is 6. The molecule has 2 aromatic heterocycles. The number of carbonyl (C=O) groups excluding carboxylic acids is 2. The average Bonchev–Trinajstić information content (AvgIpc) is 3.58. The Labute approximate surface area is 231 Å². The highest BCUT2D eigenvalue weighted by Gasteiger charge is 2.44. The Morgan fingerprint density at radius 1 is 1.12 bits per heavy atom. The van der Waals surface area contributed by atoms with E-state index in [0.29, 0.717) is 16.9 Å². The van der Waals surface area contributed by atoms with E-state index in [9.17, 15) is 22.8 Å². The summed E-state index contributed by atoms with van der Waals surface area (Å²) in [6, 6.07) is 13.4. The Hall–Kier alpha value is -4.29. The van der Waals surface area contributed by atoms with E-state index in [1.54, 1.807) is 42.6 Å². The van der Waals surface area contributed by atoms with Gasteiger partial charge in [0, 0.05) is 41.9 Å². The zero-order valence-electron chi connectivity index (χ0n) is 20.8. The molecule has 1 atom stereocenters. The lowest BCUT2D eigenvalue weighted by Gasteiger charge is -2.27. The smallest absolute Gasteiger partial charge is 0.409 e. The van der Waals surface area contributed by atoms with Gasteiger partial charge in [0.25, 0.3) is 0 Å². The van der Waals surface area contributed by atoms with Crippen LogP contribution in [0.5, 0.6) is 5.75 Å². The maximum absolute atomic E-state index is 13.4. The Balaban J connectivity index is 1.20. The molecule has 4 aromatic rings. The number of anilines is 2. The van der Waals surface area contributed by atoms with Crippen LogP contribution in [0.1, 0.15) is 17.5 Å². The third kappa shape index (κ3) is 6.13. The molecule has 1 fully saturated rings. The molecule has 0 saturated carbocycles. The molecular formula is C27H23ClF3N5O4. The molecule has 5 rings (SSSR count). The minimum Gasteiger partial charge on any atom is -0.409 e. The van der Waals surface area contributed by atoms with Gasteiger partial charge in [0.1, 0.15) is 11.2 Å². The SMILES string of the molecule is O=C(N[C@@]1(C(=O)NCc2ccc(Nc3ccc(Cl)cc3C(F)(F)F)cc2)CCOC1)Oc1cnc2[nH]ccc2c1. The summed E-state index contributed by atoms with van der Waals surface area (Å²) >= 11 is 5.74. The Kier molecular flexibility index (Phi) is 7.55. The van der Waals surface area contributed by atoms with Crippen molar-refractivity contribution in [2.24, 2.45) is 0 Å². The number of aromatic amines is 1. The van der Waals surface area contributed by atoms with Crippen molar-refractivity contribution < 1.29 is 32.2 Å². The van der Waals surface area contributed by atoms with Gasteiger partial charge >= 0.3 is 12.3 Å². The molecule has 0 aliphatic carbocycles. The van der Waals surface area contributed by atoms with Crippen LogP contribution in [-0.4, -0.2) is 40.7 Å². The third-order valence-electron chi connectivity index (χ3n) is 6.36. The number of benzene rings is 2. The van der Waals surface area contributed by atoms with Gasteiger partial charge in [-0.3, -0.25) is 4.79 Å². The van der Waals surface area contributed by atoms with E-state index in [1.165, 1.54) is 18.3 Å². The van der Waals surface area contributed by atoms with Crippen molar-refractivity contribution in [1.82, 2.24) is 20.6 Å². The number of amides is 2. The number of nitrogens with zero attached hydrogens (tertiary/aromatic N) is 1. The molecule has 4 N–H and O–H groups in total. The molecule has 1 saturated heterocycles. The Morgan fingerprint density at radius 3 is 2.65 bits per heavy atom. The standard InChI is InChI=1S/C27H23ClF3N5O4/c28-18-3-6-22(21(12-18)27(29,30)31)35-19-4-1-16(2-5-19)13-34-24(37)26(8-10-39-15-26)36-25(38)40-20-11-17-7-9-32-23(17)33-14-20/h1-7,9,11-12,14,35H,8,10,13,15H2,(H,32,33)(H,34,37)(H,36,38)/t26-/m0/s1. The van der Waals surface area contributed by atoms with Crippen LogP contribution in [0.15, 0.2) is 67.0 Å². The molecule has 0 unspecified atom stereocenters. The van der Waals surface area contributed by atoms with Gasteiger partial charge in [0.2, 0.25) is 5.91 Å². The van der Waals surface area contributed by atoms with Crippen molar-refractivity contribution in [2.75, 3.05) is 18.5 Å². The van der Waals surface area contributed by atoms with Gasteiger partial charge in [-0.05, 0) is 48.0 Å². The van der Waals surface area contributed by atoms with E-state index in [-0.39, 0.29) is 42.6 Å². The third-order valence-corrected chi connectivity index (χ3v) is 6.59. The van der Waals surface area contributed by atoms with Crippen LogP contribution in [-0.2, 0) is 22.3 Å². The summed E-state index contributed by atoms with van der Waals surface area (Å²) in [6.45, 7) is 0.352. The molecule has 2 amide bonds. The number of carbonyl (C=O) groups is 2. The number of rotatable bonds is 7. The zero-order valence-corrected chi connectivity index (χ0v) is 21.5. The van der Waals surface area contributed by atoms with Crippen molar-refractivity contribution in [3.63, 3.8) is 0 Å². The number of fused-ring (bicyclic) bond motifs is 1. The average molecular weight is 574 g/mol. The highest BCUT2D eigenvalue weighted by atomic mass is 35.5. The quantitative estimate of drug-likeness (QED) is 0.231. The molecule has 3 heterocycles. The van der Waals surface area contributed by atoms with Crippen molar-refractivity contribution in [3.05, 3.63) is 83.1 Å². The second kappa shape index (κ2) is 11.1. The lowest BCUT2D eigenvalue weighted by molar-refractivity contribution is -0.137. The van der Waals surface area contributed by atoms with Crippen LogP contribution in [0.3, 0.4) is 0 Å². The van der Waals surface area contributed by atoms with E-state index in [2.05, 4.69) is 25.9 Å². The molecule has 1 aliphatic heterocycles. The number of hydrogen-bond donors (Lipinski definition) is 4. The molecule has 0 bridgehead atoms. The molecule has 208 valence electrons. The first kappa shape index (κ1) is 27.3. The molecule has 40 heavy (non-hydrogen) atoms. The molecule has 9 nitrogen and oxygen atoms in total. The predicted molar refractivity (Wildman–Crippen MR) is 141 cm³/mol. The van der Waals surface area contributed by atoms with Crippen molar-refractivity contribution >= 4 is 46.0 Å². The van der Waals surface area contributed by atoms with Crippen molar-refractivity contribution in [2.45, 2.75) is 24.7 Å². The summed E-state index contributed by atoms with van der Waals surface area (Å²) < 4.78 is 50.9. The molecular weight excluding hydrogens is 551 g/mol. The van der Waals surface area contributed by atoms with E-state index in [0.717, 1.165) is 11.5 Å². The van der Waals surface area contributed by atoms with Crippen LogP contribution < -0.4 is 20.7 Å². The summed E-state index contributed by atoms with van der Waals surface area (Å²) in [5.74, 6) is -0.243. The van der Waals surface area contributed by atoms with Gasteiger partial charge < -0.3 is 30.4 Å². The fourth-order valence-electron chi connectivity index (χ4n) is 4.28. The molecule has 0 radical (unpaired) electrons. The number of ether oxygens (including phenoxy) is 2. The number of alkyl halides is 3. The largest absolute Gasteiger partial charge is 0.418 e.